The highest BCUT2D eigenvalue weighted by Gasteiger charge is 2.40. The Labute approximate surface area is 514 Å². The molecule has 21 nitrogen and oxygen atoms in total. The van der Waals surface area contributed by atoms with E-state index < -0.39 is 43.4 Å². The number of carbonyl (C=O) groups is 4. The number of likely N-dealkylation sites (tertiary alicyclic amines) is 1. The van der Waals surface area contributed by atoms with Crippen molar-refractivity contribution in [3.8, 4) is 28.4 Å². The van der Waals surface area contributed by atoms with E-state index in [1.807, 2.05) is 48.5 Å². The predicted molar refractivity (Wildman–Crippen MR) is 332 cm³/mol. The number of H-pyrrole nitrogens is 1. The number of ether oxygens (including phenoxy) is 3. The van der Waals surface area contributed by atoms with Gasteiger partial charge in [0.05, 0.1) is 28.2 Å². The van der Waals surface area contributed by atoms with E-state index >= 15 is 0 Å². The van der Waals surface area contributed by atoms with Crippen molar-refractivity contribution in [3.05, 3.63) is 165 Å². The number of nitrogens with one attached hydrogen (secondary N) is 4. The van der Waals surface area contributed by atoms with Gasteiger partial charge in [-0.15, -0.1) is 0 Å². The molecular weight excluding hydrogens is 1160 g/mol. The molecule has 5 aromatic carbocycles. The first-order valence-electron chi connectivity index (χ1n) is 30.1. The summed E-state index contributed by atoms with van der Waals surface area (Å²) in [6.07, 6.45) is 9.18. The number of imide groups is 1. The summed E-state index contributed by atoms with van der Waals surface area (Å²) in [6, 6.07) is 31.4. The highest BCUT2D eigenvalue weighted by Crippen LogP contribution is 2.37. The molecule has 7 aromatic rings. The molecule has 23 heteroatoms. The van der Waals surface area contributed by atoms with Crippen LogP contribution in [0.25, 0.3) is 22.2 Å². The maximum Gasteiger partial charge on any atom is 0.293 e. The summed E-state index contributed by atoms with van der Waals surface area (Å²) >= 11 is 6.39. The maximum atomic E-state index is 14.2. The molecular formula is C65H69ClN10O11S. The summed E-state index contributed by atoms with van der Waals surface area (Å²) < 4.78 is 48.5. The summed E-state index contributed by atoms with van der Waals surface area (Å²) in [6.45, 7) is 8.67. The number of rotatable bonds is 21. The zero-order valence-corrected chi connectivity index (χ0v) is 50.2. The molecule has 2 aromatic heterocycles. The quantitative estimate of drug-likeness (QED) is 0.0297. The molecule has 4 fully saturated rings. The Morgan fingerprint density at radius 3 is 2.40 bits per heavy atom. The number of sulfonamides is 1. The van der Waals surface area contributed by atoms with Gasteiger partial charge in [0.15, 0.2) is 0 Å². The van der Waals surface area contributed by atoms with E-state index in [9.17, 15) is 37.7 Å². The Bertz CT molecular complexity index is 3880. The van der Waals surface area contributed by atoms with Gasteiger partial charge >= 0.3 is 0 Å². The lowest BCUT2D eigenvalue weighted by molar-refractivity contribution is -0.384. The minimum absolute atomic E-state index is 0.0767. The zero-order chi connectivity index (χ0) is 60.9. The van der Waals surface area contributed by atoms with Crippen molar-refractivity contribution in [2.24, 2.45) is 11.8 Å². The molecule has 5 aliphatic heterocycles. The average molecular weight is 1230 g/mol. The number of hydrogen-bond donors (Lipinski definition) is 4. The number of carbonyl (C=O) groups excluding carboxylic acids is 4. The second kappa shape index (κ2) is 26.5. The third-order valence-electron chi connectivity index (χ3n) is 17.6. The first-order chi connectivity index (χ1) is 42.7. The zero-order valence-electron chi connectivity index (χ0n) is 48.6. The number of piperazine rings is 1. The van der Waals surface area contributed by atoms with Crippen molar-refractivity contribution in [3.63, 3.8) is 0 Å². The molecule has 7 heterocycles. The minimum atomic E-state index is -4.62. The number of nitro groups is 1. The standard InChI is InChI=1S/C65H69ClN10O11S/c66-47-11-9-45(10-12-47)51-6-2-8-59(86-41-43-20-26-72(27-21-43)25-3-5-44-4-1-7-52-54(44)40-75(65(52)80)57-17-18-61(77)70-64(57)79)55(51)39-73-28-30-74(31-29-73)48-13-15-53(60(35-48)87-49-34-46-19-24-67-62(46)69-38-49)63(78)71-88(83,84)50-14-16-56(58(36-50)76(81)82)68-37-42-22-32-85-33-23-42/h1-2,4,6-16,19,24,34-36,38,42-43,57,68H,3,5,17-18,20-23,25-33,37,39-41H2,(H,67,69)(H,71,78)(H,70,77,79). The molecule has 4 saturated heterocycles. The number of benzene rings is 5. The molecule has 4 amide bonds. The monoisotopic (exact) mass is 1230 g/mol. The van der Waals surface area contributed by atoms with E-state index in [-0.39, 0.29) is 41.2 Å². The Kier molecular flexibility index (Phi) is 18.0. The fourth-order valence-corrected chi connectivity index (χ4v) is 13.7. The molecule has 88 heavy (non-hydrogen) atoms. The van der Waals surface area contributed by atoms with Gasteiger partial charge < -0.3 is 39.2 Å². The van der Waals surface area contributed by atoms with Gasteiger partial charge in [-0.25, -0.2) is 18.1 Å². The number of aryl methyl sites for hydroxylation is 1. The van der Waals surface area contributed by atoms with Crippen molar-refractivity contribution in [2.75, 3.05) is 82.4 Å². The summed E-state index contributed by atoms with van der Waals surface area (Å²) in [5, 5.41) is 19.1. The minimum Gasteiger partial charge on any atom is -0.493 e. The summed E-state index contributed by atoms with van der Waals surface area (Å²) in [5.74, 6) is 0.00785. The van der Waals surface area contributed by atoms with Gasteiger partial charge in [0.2, 0.25) is 11.8 Å². The number of pyridine rings is 1. The van der Waals surface area contributed by atoms with Crippen molar-refractivity contribution < 1.29 is 46.7 Å². The van der Waals surface area contributed by atoms with Gasteiger partial charge in [-0.05, 0) is 159 Å². The predicted octanol–water partition coefficient (Wildman–Crippen LogP) is 9.35. The van der Waals surface area contributed by atoms with Crippen LogP contribution in [0.2, 0.25) is 5.02 Å². The van der Waals surface area contributed by atoms with Gasteiger partial charge in [0, 0.05) is 111 Å². The molecule has 1 unspecified atom stereocenters. The third-order valence-corrected chi connectivity index (χ3v) is 19.2. The highest BCUT2D eigenvalue weighted by atomic mass is 35.5. The second-order valence-corrected chi connectivity index (χ2v) is 25.4. The van der Waals surface area contributed by atoms with Crippen LogP contribution in [0.1, 0.15) is 82.4 Å². The van der Waals surface area contributed by atoms with Crippen LogP contribution >= 0.6 is 11.6 Å². The fraction of sp³-hybridized carbons (Fsp3) is 0.369. The lowest BCUT2D eigenvalue weighted by Gasteiger charge is -2.37. The van der Waals surface area contributed by atoms with Crippen molar-refractivity contribution in [2.45, 2.75) is 75.4 Å². The first kappa shape index (κ1) is 59.9. The van der Waals surface area contributed by atoms with Crippen molar-refractivity contribution >= 4 is 73.3 Å². The van der Waals surface area contributed by atoms with E-state index in [4.69, 9.17) is 25.8 Å². The van der Waals surface area contributed by atoms with Crippen LogP contribution in [0.5, 0.6) is 17.2 Å². The summed E-state index contributed by atoms with van der Waals surface area (Å²) in [7, 11) is -4.62. The van der Waals surface area contributed by atoms with Crippen LogP contribution in [0.15, 0.2) is 126 Å². The van der Waals surface area contributed by atoms with Crippen molar-refractivity contribution in [1.82, 2.24) is 34.7 Å². The normalized spacial score (nSPS) is 18.1. The summed E-state index contributed by atoms with van der Waals surface area (Å²) in [5.41, 5.74) is 6.96. The number of nitrogens with zero attached hydrogens (tertiary/aromatic N) is 6. The maximum absolute atomic E-state index is 14.2. The Balaban J connectivity index is 0.688. The molecule has 0 saturated carbocycles. The lowest BCUT2D eigenvalue weighted by Crippen LogP contribution is -2.52. The summed E-state index contributed by atoms with van der Waals surface area (Å²) in [4.78, 5) is 79.4. The number of piperidine rings is 2. The van der Waals surface area contributed by atoms with Crippen LogP contribution < -0.4 is 29.7 Å². The topological polar surface area (TPSA) is 251 Å². The van der Waals surface area contributed by atoms with E-state index in [1.165, 1.54) is 24.4 Å². The average Bonchev–Trinajstić information content (AvgIpc) is 3.91. The van der Waals surface area contributed by atoms with Gasteiger partial charge in [-0.1, -0.05) is 48.0 Å². The SMILES string of the molecule is O=C1CCC(N2Cc3c(CCCN4CCC(COc5cccc(-c6ccc(Cl)cc6)c5CN5CCN(c6ccc(C(=O)NS(=O)(=O)c7ccc(NCC8CCOCC8)c([N+](=O)[O-])c7)c(Oc7cnc8[nH]ccc8c7)c6)CC5)CC4)cccc3C2=O)C(=O)N1. The molecule has 5 aliphatic rings. The largest absolute Gasteiger partial charge is 0.493 e. The number of anilines is 2. The molecule has 0 radical (unpaired) electrons. The Hall–Kier alpha value is -8.41. The van der Waals surface area contributed by atoms with Crippen LogP contribution in [0, 0.1) is 22.0 Å². The highest BCUT2D eigenvalue weighted by molar-refractivity contribution is 7.90. The first-order valence-corrected chi connectivity index (χ1v) is 31.9. The van der Waals surface area contributed by atoms with E-state index in [0.29, 0.717) is 100.0 Å². The molecule has 0 bridgehead atoms. The number of amides is 4. The molecule has 0 aliphatic carbocycles. The van der Waals surface area contributed by atoms with Gasteiger partial charge in [-0.2, -0.15) is 0 Å². The van der Waals surface area contributed by atoms with Crippen LogP contribution in [0.3, 0.4) is 0 Å². The van der Waals surface area contributed by atoms with Crippen LogP contribution in [-0.2, 0) is 43.9 Å². The van der Waals surface area contributed by atoms with Gasteiger partial charge in [0.25, 0.3) is 27.5 Å². The smallest absolute Gasteiger partial charge is 0.293 e. The van der Waals surface area contributed by atoms with Crippen LogP contribution in [-0.4, -0.2) is 140 Å². The van der Waals surface area contributed by atoms with Crippen molar-refractivity contribution in [1.29, 1.82) is 0 Å². The number of fused-ring (bicyclic) bond motifs is 2. The van der Waals surface area contributed by atoms with Crippen LogP contribution in [0.4, 0.5) is 17.1 Å². The lowest BCUT2D eigenvalue weighted by atomic mass is 9.96. The molecule has 458 valence electrons. The Morgan fingerprint density at radius 1 is 0.830 bits per heavy atom. The molecule has 1 atom stereocenters. The number of halogens is 1. The number of aromatic amines is 1. The van der Waals surface area contributed by atoms with Gasteiger partial charge in [-0.3, -0.25) is 39.5 Å². The number of hydrogen-bond acceptors (Lipinski definition) is 16. The Morgan fingerprint density at radius 2 is 1.61 bits per heavy atom. The number of aromatic nitrogens is 2. The third kappa shape index (κ3) is 13.7. The van der Waals surface area contributed by atoms with Gasteiger partial charge in [0.1, 0.15) is 34.6 Å². The van der Waals surface area contributed by atoms with E-state index in [2.05, 4.69) is 58.2 Å². The fourth-order valence-electron chi connectivity index (χ4n) is 12.6. The molecule has 4 N–H and O–H groups in total. The molecule has 0 spiro atoms. The van der Waals surface area contributed by atoms with E-state index in [1.54, 1.807) is 29.3 Å². The molecule has 12 rings (SSSR count). The second-order valence-electron chi connectivity index (χ2n) is 23.3. The van der Waals surface area contributed by atoms with E-state index in [0.717, 1.165) is 109 Å². The number of nitro benzene ring substituents is 1.